The van der Waals surface area contributed by atoms with E-state index in [2.05, 4.69) is 6.92 Å². The monoisotopic (exact) mass is 399 g/mol. The molecule has 0 spiro atoms. The molecular weight excluding hydrogens is 374 g/mol. The number of aliphatic hydroxyl groups excluding tert-OH is 1. The van der Waals surface area contributed by atoms with Gasteiger partial charge in [-0.15, -0.1) is 11.3 Å². The number of aliphatic hydroxyl groups is 1. The summed E-state index contributed by atoms with van der Waals surface area (Å²) < 4.78 is 5.10. The highest BCUT2D eigenvalue weighted by Gasteiger charge is 2.46. The third-order valence-electron chi connectivity index (χ3n) is 5.07. The maximum atomic E-state index is 12.9. The number of aryl methyl sites for hydroxylation is 2. The van der Waals surface area contributed by atoms with E-state index >= 15 is 0 Å². The van der Waals surface area contributed by atoms with E-state index in [0.29, 0.717) is 25.1 Å². The molecule has 0 saturated carbocycles. The first-order valence-electron chi connectivity index (χ1n) is 9.40. The van der Waals surface area contributed by atoms with Gasteiger partial charge in [0.05, 0.1) is 11.6 Å². The minimum atomic E-state index is -0.632. The summed E-state index contributed by atoms with van der Waals surface area (Å²) in [6.07, 6.45) is 1.51. The molecule has 0 bridgehead atoms. The van der Waals surface area contributed by atoms with Gasteiger partial charge >= 0.3 is 0 Å². The van der Waals surface area contributed by atoms with Gasteiger partial charge in [-0.1, -0.05) is 31.2 Å². The second kappa shape index (κ2) is 8.71. The van der Waals surface area contributed by atoms with E-state index in [-0.39, 0.29) is 11.3 Å². The highest BCUT2D eigenvalue weighted by molar-refractivity contribution is 7.10. The molecule has 0 radical (unpaired) electrons. The number of rotatable bonds is 7. The molecule has 1 aromatic carbocycles. The van der Waals surface area contributed by atoms with Crippen LogP contribution in [-0.2, 0) is 20.7 Å². The Morgan fingerprint density at radius 3 is 2.50 bits per heavy atom. The predicted octanol–water partition coefficient (Wildman–Crippen LogP) is 4.08. The van der Waals surface area contributed by atoms with Crippen LogP contribution in [0.25, 0.3) is 5.76 Å². The zero-order chi connectivity index (χ0) is 20.3. The van der Waals surface area contributed by atoms with Crippen molar-refractivity contribution < 1.29 is 19.4 Å². The molecule has 28 heavy (non-hydrogen) atoms. The summed E-state index contributed by atoms with van der Waals surface area (Å²) in [6, 6.07) is 8.84. The van der Waals surface area contributed by atoms with Crippen LogP contribution < -0.4 is 0 Å². The summed E-state index contributed by atoms with van der Waals surface area (Å²) in [6.45, 7) is 4.90. The third kappa shape index (κ3) is 3.75. The highest BCUT2D eigenvalue weighted by Crippen LogP contribution is 2.42. The van der Waals surface area contributed by atoms with Crippen LogP contribution in [0.3, 0.4) is 0 Å². The molecule has 1 atom stereocenters. The van der Waals surface area contributed by atoms with Crippen LogP contribution in [-0.4, -0.2) is 42.0 Å². The van der Waals surface area contributed by atoms with Crippen molar-refractivity contribution >= 4 is 28.8 Å². The lowest BCUT2D eigenvalue weighted by Gasteiger charge is -2.24. The van der Waals surface area contributed by atoms with E-state index in [0.717, 1.165) is 22.4 Å². The first-order chi connectivity index (χ1) is 13.5. The number of methoxy groups -OCH3 is 1. The summed E-state index contributed by atoms with van der Waals surface area (Å²) in [7, 11) is 1.61. The molecule has 1 unspecified atom stereocenters. The Bertz CT molecular complexity index is 898. The second-order valence-electron chi connectivity index (χ2n) is 6.86. The van der Waals surface area contributed by atoms with Gasteiger partial charge in [-0.3, -0.25) is 9.59 Å². The van der Waals surface area contributed by atoms with Gasteiger partial charge in [-0.2, -0.15) is 0 Å². The molecule has 2 heterocycles. The number of Topliss-reactive ketones (excluding diaryl/α,β-unsaturated/α-hetero) is 1. The number of benzene rings is 1. The number of nitrogens with zero attached hydrogens (tertiary/aromatic N) is 1. The molecule has 6 heteroatoms. The number of ketones is 1. The van der Waals surface area contributed by atoms with E-state index in [1.807, 2.05) is 30.5 Å². The first kappa shape index (κ1) is 20.3. The summed E-state index contributed by atoms with van der Waals surface area (Å²) >= 11 is 1.49. The van der Waals surface area contributed by atoms with Gasteiger partial charge in [0.15, 0.2) is 0 Å². The Morgan fingerprint density at radius 1 is 1.21 bits per heavy atom. The molecule has 1 aliphatic rings. The SMILES string of the molecule is CCc1ccc(/C(O)=C2/C(=O)C(=O)N(CCCOC)C2c2sccc2C)cc1. The van der Waals surface area contributed by atoms with Crippen molar-refractivity contribution in [1.82, 2.24) is 4.90 Å². The van der Waals surface area contributed by atoms with Crippen molar-refractivity contribution in [3.8, 4) is 0 Å². The zero-order valence-electron chi connectivity index (χ0n) is 16.4. The van der Waals surface area contributed by atoms with Crippen molar-refractivity contribution in [1.29, 1.82) is 0 Å². The predicted molar refractivity (Wildman–Crippen MR) is 110 cm³/mol. The van der Waals surface area contributed by atoms with Gasteiger partial charge in [-0.25, -0.2) is 0 Å². The maximum absolute atomic E-state index is 12.9. The summed E-state index contributed by atoms with van der Waals surface area (Å²) in [4.78, 5) is 28.1. The van der Waals surface area contributed by atoms with Crippen LogP contribution in [0.1, 0.15) is 41.0 Å². The number of hydrogen-bond donors (Lipinski definition) is 1. The normalized spacial score (nSPS) is 18.8. The molecule has 5 nitrogen and oxygen atoms in total. The highest BCUT2D eigenvalue weighted by atomic mass is 32.1. The molecule has 0 aliphatic carbocycles. The van der Waals surface area contributed by atoms with Crippen molar-refractivity contribution in [2.75, 3.05) is 20.3 Å². The summed E-state index contributed by atoms with van der Waals surface area (Å²) in [5, 5.41) is 12.9. The average Bonchev–Trinajstić information content (AvgIpc) is 3.23. The third-order valence-corrected chi connectivity index (χ3v) is 6.14. The molecule has 1 fully saturated rings. The number of thiophene rings is 1. The molecule has 1 aromatic heterocycles. The van der Waals surface area contributed by atoms with Gasteiger partial charge in [0.1, 0.15) is 5.76 Å². The van der Waals surface area contributed by atoms with Crippen molar-refractivity contribution in [2.24, 2.45) is 0 Å². The minimum Gasteiger partial charge on any atom is -0.507 e. The quantitative estimate of drug-likeness (QED) is 0.330. The van der Waals surface area contributed by atoms with Crippen LogP contribution in [0.5, 0.6) is 0 Å². The fourth-order valence-corrected chi connectivity index (χ4v) is 4.53. The van der Waals surface area contributed by atoms with Gasteiger partial charge in [-0.05, 0) is 42.3 Å². The van der Waals surface area contributed by atoms with Crippen LogP contribution in [0.15, 0.2) is 41.3 Å². The average molecular weight is 400 g/mol. The second-order valence-corrected chi connectivity index (χ2v) is 7.80. The van der Waals surface area contributed by atoms with E-state index < -0.39 is 17.7 Å². The maximum Gasteiger partial charge on any atom is 0.295 e. The standard InChI is InChI=1S/C22H25NO4S/c1-4-15-6-8-16(9-7-15)19(24)17-18(21-14(2)10-13-28-21)23(11-5-12-27-3)22(26)20(17)25/h6-10,13,18,24H,4-5,11-12H2,1-3H3/b19-17-. The lowest BCUT2D eigenvalue weighted by molar-refractivity contribution is -0.140. The Hall–Kier alpha value is -2.44. The van der Waals surface area contributed by atoms with Gasteiger partial charge in [0, 0.05) is 30.7 Å². The Balaban J connectivity index is 2.09. The van der Waals surface area contributed by atoms with E-state index in [1.54, 1.807) is 24.1 Å². The summed E-state index contributed by atoms with van der Waals surface area (Å²) in [5.74, 6) is -1.32. The van der Waals surface area contributed by atoms with Crippen LogP contribution in [0.4, 0.5) is 0 Å². The zero-order valence-corrected chi connectivity index (χ0v) is 17.2. The van der Waals surface area contributed by atoms with Gasteiger partial charge in [0.2, 0.25) is 0 Å². The smallest absolute Gasteiger partial charge is 0.295 e. The molecule has 1 amide bonds. The molecule has 1 N–H and O–H groups in total. The van der Waals surface area contributed by atoms with Crippen molar-refractivity contribution in [3.63, 3.8) is 0 Å². The Labute approximate surface area is 169 Å². The van der Waals surface area contributed by atoms with E-state index in [1.165, 1.54) is 11.3 Å². The van der Waals surface area contributed by atoms with Crippen molar-refractivity contribution in [2.45, 2.75) is 32.7 Å². The summed E-state index contributed by atoms with van der Waals surface area (Å²) in [5.41, 5.74) is 2.85. The molecule has 148 valence electrons. The fourth-order valence-electron chi connectivity index (χ4n) is 3.48. The number of ether oxygens (including phenoxy) is 1. The Morgan fingerprint density at radius 2 is 1.93 bits per heavy atom. The number of amides is 1. The van der Waals surface area contributed by atoms with Crippen molar-refractivity contribution in [3.05, 3.63) is 62.9 Å². The van der Waals surface area contributed by atoms with Crippen LogP contribution >= 0.6 is 11.3 Å². The number of carbonyl (C=O) groups is 2. The molecule has 2 aromatic rings. The molecule has 1 aliphatic heterocycles. The van der Waals surface area contributed by atoms with E-state index in [4.69, 9.17) is 4.74 Å². The first-order valence-corrected chi connectivity index (χ1v) is 10.3. The van der Waals surface area contributed by atoms with Gasteiger partial charge in [0.25, 0.3) is 11.7 Å². The molecule has 3 rings (SSSR count). The largest absolute Gasteiger partial charge is 0.507 e. The topological polar surface area (TPSA) is 66.8 Å². The number of likely N-dealkylation sites (tertiary alicyclic amines) is 1. The van der Waals surface area contributed by atoms with Gasteiger partial charge < -0.3 is 14.7 Å². The van der Waals surface area contributed by atoms with E-state index in [9.17, 15) is 14.7 Å². The molecular formula is C22H25NO4S. The van der Waals surface area contributed by atoms with Crippen LogP contribution in [0.2, 0.25) is 0 Å². The van der Waals surface area contributed by atoms with Crippen LogP contribution in [0, 0.1) is 6.92 Å². The lowest BCUT2D eigenvalue weighted by Crippen LogP contribution is -2.31. The minimum absolute atomic E-state index is 0.118. The lowest BCUT2D eigenvalue weighted by atomic mass is 9.97. The molecule has 1 saturated heterocycles. The number of carbonyl (C=O) groups excluding carboxylic acids is 2. The Kier molecular flexibility index (Phi) is 6.31. The number of hydrogen-bond acceptors (Lipinski definition) is 5. The fraction of sp³-hybridized carbons (Fsp3) is 0.364.